The Kier molecular flexibility index (Phi) is 6.81. The summed E-state index contributed by atoms with van der Waals surface area (Å²) in [5.74, 6) is -1.57. The van der Waals surface area contributed by atoms with Crippen molar-refractivity contribution in [2.75, 3.05) is 0 Å². The van der Waals surface area contributed by atoms with Crippen LogP contribution >= 0.6 is 0 Å². The predicted molar refractivity (Wildman–Crippen MR) is 117 cm³/mol. The van der Waals surface area contributed by atoms with Crippen LogP contribution in [0.2, 0.25) is 0 Å². The molecule has 1 unspecified atom stereocenters. The molecule has 0 heterocycles. The highest BCUT2D eigenvalue weighted by Gasteiger charge is 2.59. The zero-order chi connectivity index (χ0) is 24.0. The van der Waals surface area contributed by atoms with Gasteiger partial charge in [-0.3, -0.25) is 14.4 Å². The fraction of sp³-hybridized carbons (Fsp3) is 0.800. The second kappa shape index (κ2) is 8.81. The number of hydrogen-bond donors (Lipinski definition) is 1. The van der Waals surface area contributed by atoms with Gasteiger partial charge in [0, 0.05) is 32.6 Å². The molecule has 32 heavy (non-hydrogen) atoms. The maximum absolute atomic E-state index is 12.2. The average Bonchev–Trinajstić information content (AvgIpc) is 2.59. The van der Waals surface area contributed by atoms with Crippen LogP contribution in [-0.4, -0.2) is 47.4 Å². The van der Waals surface area contributed by atoms with E-state index in [1.165, 1.54) is 20.8 Å². The largest absolute Gasteiger partial charge is 0.463 e. The number of ether oxygens (including phenoxy) is 3. The smallest absolute Gasteiger partial charge is 0.303 e. The fourth-order valence-corrected chi connectivity index (χ4v) is 6.99. The van der Waals surface area contributed by atoms with Gasteiger partial charge in [0.1, 0.15) is 18.3 Å². The van der Waals surface area contributed by atoms with Gasteiger partial charge >= 0.3 is 17.9 Å². The maximum atomic E-state index is 12.2. The lowest BCUT2D eigenvalue weighted by molar-refractivity contribution is -0.188. The van der Waals surface area contributed by atoms with Crippen LogP contribution in [0.15, 0.2) is 11.1 Å². The summed E-state index contributed by atoms with van der Waals surface area (Å²) in [6.07, 6.45) is 1.09. The molecule has 7 heteroatoms. The maximum Gasteiger partial charge on any atom is 0.303 e. The Morgan fingerprint density at radius 2 is 1.56 bits per heavy atom. The zero-order valence-corrected chi connectivity index (χ0v) is 20.4. The molecular formula is C25H38O7. The van der Waals surface area contributed by atoms with Gasteiger partial charge in [0.2, 0.25) is 0 Å². The van der Waals surface area contributed by atoms with Crippen LogP contribution < -0.4 is 0 Å². The van der Waals surface area contributed by atoms with Crippen molar-refractivity contribution in [3.8, 4) is 0 Å². The molecule has 180 valence electrons. The Bertz CT molecular complexity index is 813. The lowest BCUT2D eigenvalue weighted by Crippen LogP contribution is -2.59. The zero-order valence-electron chi connectivity index (χ0n) is 20.4. The van der Waals surface area contributed by atoms with Crippen molar-refractivity contribution in [1.29, 1.82) is 0 Å². The summed E-state index contributed by atoms with van der Waals surface area (Å²) in [6, 6.07) is 0. The highest BCUT2D eigenvalue weighted by molar-refractivity contribution is 5.67. The van der Waals surface area contributed by atoms with Crippen LogP contribution in [0.5, 0.6) is 0 Å². The lowest BCUT2D eigenvalue weighted by atomic mass is 9.50. The first-order valence-corrected chi connectivity index (χ1v) is 11.7. The summed E-state index contributed by atoms with van der Waals surface area (Å²) < 4.78 is 17.5. The molecule has 0 spiro atoms. The summed E-state index contributed by atoms with van der Waals surface area (Å²) in [7, 11) is 0. The molecule has 7 atom stereocenters. The van der Waals surface area contributed by atoms with Crippen molar-refractivity contribution in [1.82, 2.24) is 0 Å². The number of rotatable bonds is 3. The van der Waals surface area contributed by atoms with Gasteiger partial charge in [0.25, 0.3) is 0 Å². The Morgan fingerprint density at radius 3 is 2.12 bits per heavy atom. The van der Waals surface area contributed by atoms with Crippen LogP contribution in [-0.2, 0) is 28.6 Å². The fourth-order valence-electron chi connectivity index (χ4n) is 6.99. The van der Waals surface area contributed by atoms with Gasteiger partial charge < -0.3 is 19.3 Å². The van der Waals surface area contributed by atoms with E-state index in [9.17, 15) is 19.5 Å². The Morgan fingerprint density at radius 1 is 0.969 bits per heavy atom. The third kappa shape index (κ3) is 4.59. The summed E-state index contributed by atoms with van der Waals surface area (Å²) in [4.78, 5) is 36.0. The van der Waals surface area contributed by atoms with Gasteiger partial charge in [-0.1, -0.05) is 26.3 Å². The van der Waals surface area contributed by atoms with Crippen molar-refractivity contribution in [2.24, 2.45) is 22.7 Å². The molecule has 0 aromatic heterocycles. The first-order chi connectivity index (χ1) is 14.8. The minimum Gasteiger partial charge on any atom is -0.463 e. The van der Waals surface area contributed by atoms with Gasteiger partial charge in [0.05, 0.1) is 6.10 Å². The molecule has 2 fully saturated rings. The van der Waals surface area contributed by atoms with E-state index in [4.69, 9.17) is 14.2 Å². The van der Waals surface area contributed by atoms with E-state index in [0.717, 1.165) is 17.6 Å². The van der Waals surface area contributed by atoms with Crippen molar-refractivity contribution < 1.29 is 33.7 Å². The van der Waals surface area contributed by atoms with E-state index in [0.29, 0.717) is 25.7 Å². The summed E-state index contributed by atoms with van der Waals surface area (Å²) in [5.41, 5.74) is 1.18. The van der Waals surface area contributed by atoms with Crippen molar-refractivity contribution >= 4 is 17.9 Å². The van der Waals surface area contributed by atoms with Crippen molar-refractivity contribution in [2.45, 2.75) is 105 Å². The van der Waals surface area contributed by atoms with Crippen LogP contribution in [0.1, 0.15) is 80.6 Å². The quantitative estimate of drug-likeness (QED) is 0.397. The normalized spacial score (nSPS) is 38.6. The number of aliphatic hydroxyl groups is 1. The SMILES string of the molecule is CC(=O)O[C@H]1CC[C@@]2(C)C[C@H](OC(C)=O)C3=C(C)CC(O)[C@@H]([C@@H](OC(C)=O)[C@@H]2C1)C3(C)C. The second-order valence-electron chi connectivity index (χ2n) is 10.9. The summed E-state index contributed by atoms with van der Waals surface area (Å²) in [5, 5.41) is 11.3. The molecule has 0 aromatic carbocycles. The van der Waals surface area contributed by atoms with Gasteiger partial charge in [-0.05, 0) is 55.4 Å². The van der Waals surface area contributed by atoms with Crippen molar-refractivity contribution in [3.63, 3.8) is 0 Å². The molecule has 0 saturated heterocycles. The van der Waals surface area contributed by atoms with E-state index < -0.39 is 23.7 Å². The molecule has 0 radical (unpaired) electrons. The first-order valence-electron chi connectivity index (χ1n) is 11.7. The molecule has 1 N–H and O–H groups in total. The van der Waals surface area contributed by atoms with Crippen molar-refractivity contribution in [3.05, 3.63) is 11.1 Å². The topological polar surface area (TPSA) is 99.1 Å². The highest BCUT2D eigenvalue weighted by atomic mass is 16.6. The molecule has 3 aliphatic carbocycles. The lowest BCUT2D eigenvalue weighted by Gasteiger charge is -2.58. The van der Waals surface area contributed by atoms with Crippen LogP contribution in [0, 0.1) is 22.7 Å². The molecule has 2 bridgehead atoms. The summed E-state index contributed by atoms with van der Waals surface area (Å²) >= 11 is 0. The molecule has 2 saturated carbocycles. The number of carbonyl (C=O) groups is 3. The minimum absolute atomic E-state index is 0.151. The van der Waals surface area contributed by atoms with Gasteiger partial charge in [-0.25, -0.2) is 0 Å². The third-order valence-electron chi connectivity index (χ3n) is 8.03. The van der Waals surface area contributed by atoms with Gasteiger partial charge in [0.15, 0.2) is 0 Å². The van der Waals surface area contributed by atoms with Crippen LogP contribution in [0.3, 0.4) is 0 Å². The molecule has 7 nitrogen and oxygen atoms in total. The minimum atomic E-state index is -0.701. The van der Waals surface area contributed by atoms with E-state index >= 15 is 0 Å². The standard InChI is InChI=1S/C25H38O7/c1-13-10-19(29)22-23(32-16(4)28)18-11-17(30-14(2)26)8-9-25(18,7)12-20(31-15(3)27)21(13)24(22,5)6/h17-20,22-23,29H,8-12H2,1-7H3/t17-,18-,19?,20-,22-,23-,25-/m0/s1. The predicted octanol–water partition coefficient (Wildman–Crippen LogP) is 3.72. The molecular weight excluding hydrogens is 412 g/mol. The Balaban J connectivity index is 2.17. The Labute approximate surface area is 190 Å². The molecule has 3 aliphatic rings. The number of fused-ring (bicyclic) bond motifs is 3. The molecule has 0 amide bonds. The van der Waals surface area contributed by atoms with Crippen LogP contribution in [0.4, 0.5) is 0 Å². The molecule has 0 aliphatic heterocycles. The highest BCUT2D eigenvalue weighted by Crippen LogP contribution is 2.59. The number of hydrogen-bond acceptors (Lipinski definition) is 7. The van der Waals surface area contributed by atoms with Gasteiger partial charge in [-0.15, -0.1) is 0 Å². The number of aliphatic hydroxyl groups excluding tert-OH is 1. The molecule has 0 aromatic rings. The van der Waals surface area contributed by atoms with E-state index in [-0.39, 0.29) is 41.3 Å². The van der Waals surface area contributed by atoms with E-state index in [1.54, 1.807) is 0 Å². The number of carbonyl (C=O) groups excluding carboxylic acids is 3. The Hall–Kier alpha value is -1.89. The second-order valence-corrected chi connectivity index (χ2v) is 10.9. The molecule has 3 rings (SSSR count). The summed E-state index contributed by atoms with van der Waals surface area (Å²) in [6.45, 7) is 12.4. The van der Waals surface area contributed by atoms with Gasteiger partial charge in [-0.2, -0.15) is 0 Å². The van der Waals surface area contributed by atoms with E-state index in [1.807, 2.05) is 20.8 Å². The number of esters is 3. The third-order valence-corrected chi connectivity index (χ3v) is 8.03. The first kappa shape index (κ1) is 24.7. The van der Waals surface area contributed by atoms with E-state index in [2.05, 4.69) is 6.92 Å². The van der Waals surface area contributed by atoms with Crippen LogP contribution in [0.25, 0.3) is 0 Å². The monoisotopic (exact) mass is 450 g/mol. The average molecular weight is 451 g/mol.